The monoisotopic (exact) mass is 432 g/mol. The van der Waals surface area contributed by atoms with E-state index in [0.717, 1.165) is 12.1 Å². The second-order valence-corrected chi connectivity index (χ2v) is 9.19. The highest BCUT2D eigenvalue weighted by Crippen LogP contribution is 2.17. The van der Waals surface area contributed by atoms with Crippen LogP contribution in [-0.4, -0.2) is 60.3 Å². The summed E-state index contributed by atoms with van der Waals surface area (Å²) in [4.78, 5) is 26.7. The molecule has 0 radical (unpaired) electrons. The molecule has 1 unspecified atom stereocenters. The summed E-state index contributed by atoms with van der Waals surface area (Å²) in [6.45, 7) is 5.14. The van der Waals surface area contributed by atoms with Gasteiger partial charge >= 0.3 is 0 Å². The number of carbonyl (C=O) groups is 1. The lowest BCUT2D eigenvalue weighted by atomic mass is 10.2. The van der Waals surface area contributed by atoms with Gasteiger partial charge < -0.3 is 14.8 Å². The Balaban J connectivity index is 1.69. The van der Waals surface area contributed by atoms with Crippen molar-refractivity contribution < 1.29 is 13.2 Å². The predicted molar refractivity (Wildman–Crippen MR) is 116 cm³/mol. The molecule has 2 aromatic rings. The van der Waals surface area contributed by atoms with E-state index in [-0.39, 0.29) is 23.4 Å². The van der Waals surface area contributed by atoms with E-state index in [9.17, 15) is 18.0 Å². The van der Waals surface area contributed by atoms with Crippen molar-refractivity contribution in [2.45, 2.75) is 37.8 Å². The van der Waals surface area contributed by atoms with Gasteiger partial charge in [0.15, 0.2) is 0 Å². The number of sulfonamides is 1. The number of nitrogens with one attached hydrogen (secondary N) is 1. The van der Waals surface area contributed by atoms with Gasteiger partial charge in [-0.15, -0.1) is 0 Å². The van der Waals surface area contributed by atoms with Gasteiger partial charge in [-0.25, -0.2) is 8.42 Å². The summed E-state index contributed by atoms with van der Waals surface area (Å²) in [6, 6.07) is 12.4. The van der Waals surface area contributed by atoms with Gasteiger partial charge in [0.25, 0.3) is 5.56 Å². The smallest absolute Gasteiger partial charge is 0.251 e. The number of aromatic nitrogens is 1. The van der Waals surface area contributed by atoms with Gasteiger partial charge in [0.05, 0.1) is 4.90 Å². The lowest BCUT2D eigenvalue weighted by molar-refractivity contribution is -0.130. The van der Waals surface area contributed by atoms with Crippen molar-refractivity contribution in [3.63, 3.8) is 0 Å². The fourth-order valence-corrected chi connectivity index (χ4v) is 5.10. The Bertz CT molecular complexity index is 1030. The van der Waals surface area contributed by atoms with Crippen molar-refractivity contribution in [2.75, 3.05) is 31.5 Å². The normalized spacial score (nSPS) is 16.8. The van der Waals surface area contributed by atoms with Crippen LogP contribution in [0.3, 0.4) is 0 Å². The molecule has 9 heteroatoms. The number of benzene rings is 1. The Labute approximate surface area is 177 Å². The third kappa shape index (κ3) is 4.91. The number of hydrogen-bond acceptors (Lipinski definition) is 5. The first-order valence-corrected chi connectivity index (χ1v) is 11.6. The van der Waals surface area contributed by atoms with E-state index < -0.39 is 15.6 Å². The van der Waals surface area contributed by atoms with E-state index in [1.807, 2.05) is 30.3 Å². The summed E-state index contributed by atoms with van der Waals surface area (Å²) in [5.41, 5.74) is 0.599. The summed E-state index contributed by atoms with van der Waals surface area (Å²) < 4.78 is 27.9. The summed E-state index contributed by atoms with van der Waals surface area (Å²) in [6.07, 6.45) is 2.08. The molecule has 1 aliphatic rings. The Morgan fingerprint density at radius 3 is 2.50 bits per heavy atom. The molecule has 1 fully saturated rings. The van der Waals surface area contributed by atoms with Gasteiger partial charge in [0, 0.05) is 50.2 Å². The number of nitrogens with zero attached hydrogens (tertiary/aromatic N) is 3. The first kappa shape index (κ1) is 22.0. The van der Waals surface area contributed by atoms with Crippen LogP contribution in [0, 0.1) is 0 Å². The number of pyridine rings is 1. The highest BCUT2D eigenvalue weighted by atomic mass is 32.2. The topological polar surface area (TPSA) is 91.7 Å². The molecular formula is C21H28N4O4S. The van der Waals surface area contributed by atoms with Gasteiger partial charge in [0.2, 0.25) is 15.9 Å². The van der Waals surface area contributed by atoms with Crippen LogP contribution in [0.2, 0.25) is 0 Å². The predicted octanol–water partition coefficient (Wildman–Crippen LogP) is 1.59. The number of anilines is 1. The number of rotatable bonds is 8. The van der Waals surface area contributed by atoms with Crippen LogP contribution in [0.1, 0.15) is 20.3 Å². The van der Waals surface area contributed by atoms with Crippen LogP contribution < -0.4 is 10.9 Å². The molecule has 162 valence electrons. The van der Waals surface area contributed by atoms with Crippen molar-refractivity contribution >= 4 is 21.6 Å². The molecule has 2 heterocycles. The zero-order valence-corrected chi connectivity index (χ0v) is 18.1. The maximum Gasteiger partial charge on any atom is 0.251 e. The zero-order valence-electron chi connectivity index (χ0n) is 17.3. The summed E-state index contributed by atoms with van der Waals surface area (Å²) >= 11 is 0. The summed E-state index contributed by atoms with van der Waals surface area (Å²) in [5.74, 6) is -0.202. The summed E-state index contributed by atoms with van der Waals surface area (Å²) in [5, 5.41) is 3.41. The Morgan fingerprint density at radius 1 is 1.13 bits per heavy atom. The minimum atomic E-state index is -3.70. The number of likely N-dealkylation sites (tertiary alicyclic amines) is 1. The molecule has 1 amide bonds. The molecule has 1 saturated heterocycles. The second kappa shape index (κ2) is 9.44. The molecule has 0 saturated carbocycles. The molecule has 8 nitrogen and oxygen atoms in total. The lowest BCUT2D eigenvalue weighted by Crippen LogP contribution is -2.37. The van der Waals surface area contributed by atoms with Crippen molar-refractivity contribution in [2.24, 2.45) is 0 Å². The largest absolute Gasteiger partial charge is 0.380 e. The van der Waals surface area contributed by atoms with Crippen LogP contribution in [0.5, 0.6) is 0 Å². The fourth-order valence-electron chi connectivity index (χ4n) is 3.62. The quantitative estimate of drug-likeness (QED) is 0.684. The summed E-state index contributed by atoms with van der Waals surface area (Å²) in [7, 11) is -3.70. The molecule has 30 heavy (non-hydrogen) atoms. The molecule has 1 N–H and O–H groups in total. The van der Waals surface area contributed by atoms with E-state index in [0.29, 0.717) is 26.2 Å². The number of hydrogen-bond donors (Lipinski definition) is 1. The second-order valence-electron chi connectivity index (χ2n) is 7.26. The van der Waals surface area contributed by atoms with Gasteiger partial charge in [-0.3, -0.25) is 9.59 Å². The molecule has 0 spiro atoms. The van der Waals surface area contributed by atoms with Crippen molar-refractivity contribution in [1.29, 1.82) is 0 Å². The Kier molecular flexibility index (Phi) is 6.94. The van der Waals surface area contributed by atoms with E-state index >= 15 is 0 Å². The Hall–Kier alpha value is -2.65. The third-order valence-corrected chi connectivity index (χ3v) is 7.32. The van der Waals surface area contributed by atoms with E-state index in [1.54, 1.807) is 18.7 Å². The minimum Gasteiger partial charge on any atom is -0.380 e. The van der Waals surface area contributed by atoms with Gasteiger partial charge in [0.1, 0.15) is 6.54 Å². The van der Waals surface area contributed by atoms with Crippen molar-refractivity contribution in [3.05, 3.63) is 59.0 Å². The standard InChI is InChI=1S/C21H28N4O4S/c1-3-25(4-2)30(28,29)19-10-11-20(26)24(15-19)16-21(27)23-13-12-18(14-23)22-17-8-6-5-7-9-17/h5-11,15,18,22H,3-4,12-14,16H2,1-2H3. The molecule has 3 rings (SSSR count). The average Bonchev–Trinajstić information content (AvgIpc) is 3.19. The average molecular weight is 433 g/mol. The SMILES string of the molecule is CCN(CC)S(=O)(=O)c1ccc(=O)n(CC(=O)N2CCC(Nc3ccccc3)C2)c1. The number of para-hydroxylation sites is 1. The maximum absolute atomic E-state index is 12.8. The zero-order chi connectivity index (χ0) is 21.7. The van der Waals surface area contributed by atoms with E-state index in [2.05, 4.69) is 5.32 Å². The highest BCUT2D eigenvalue weighted by molar-refractivity contribution is 7.89. The number of amides is 1. The molecular weight excluding hydrogens is 404 g/mol. The van der Waals surface area contributed by atoms with Gasteiger partial charge in [-0.2, -0.15) is 4.31 Å². The highest BCUT2D eigenvalue weighted by Gasteiger charge is 2.27. The molecule has 1 aromatic heterocycles. The van der Waals surface area contributed by atoms with Gasteiger partial charge in [-0.1, -0.05) is 32.0 Å². The van der Waals surface area contributed by atoms with Crippen LogP contribution in [0.25, 0.3) is 0 Å². The minimum absolute atomic E-state index is 0.0173. The number of carbonyl (C=O) groups excluding carboxylic acids is 1. The first-order chi connectivity index (χ1) is 14.3. The third-order valence-electron chi connectivity index (χ3n) is 5.29. The molecule has 0 bridgehead atoms. The first-order valence-electron chi connectivity index (χ1n) is 10.1. The van der Waals surface area contributed by atoms with Crippen molar-refractivity contribution in [3.8, 4) is 0 Å². The van der Waals surface area contributed by atoms with E-state index in [1.165, 1.54) is 27.2 Å². The van der Waals surface area contributed by atoms with Crippen molar-refractivity contribution in [1.82, 2.24) is 13.8 Å². The van der Waals surface area contributed by atoms with Crippen LogP contribution in [0.15, 0.2) is 58.4 Å². The Morgan fingerprint density at radius 2 is 1.83 bits per heavy atom. The van der Waals surface area contributed by atoms with E-state index in [4.69, 9.17) is 0 Å². The maximum atomic E-state index is 12.8. The molecule has 1 aromatic carbocycles. The van der Waals surface area contributed by atoms with Crippen LogP contribution >= 0.6 is 0 Å². The van der Waals surface area contributed by atoms with Crippen LogP contribution in [0.4, 0.5) is 5.69 Å². The molecule has 0 aliphatic carbocycles. The molecule has 1 atom stereocenters. The van der Waals surface area contributed by atoms with Crippen LogP contribution in [-0.2, 0) is 21.4 Å². The van der Waals surface area contributed by atoms with Gasteiger partial charge in [-0.05, 0) is 24.6 Å². The molecule has 1 aliphatic heterocycles. The lowest BCUT2D eigenvalue weighted by Gasteiger charge is -2.20. The fraction of sp³-hybridized carbons (Fsp3) is 0.429.